The molecule has 2 rings (SSSR count). The normalized spacial score (nSPS) is 12.2. The van der Waals surface area contributed by atoms with E-state index in [9.17, 15) is 5.11 Å². The second-order valence-corrected chi connectivity index (χ2v) is 5.54. The number of aromatic nitrogens is 1. The highest BCUT2D eigenvalue weighted by Crippen LogP contribution is 2.31. The Morgan fingerprint density at radius 3 is 2.74 bits per heavy atom. The summed E-state index contributed by atoms with van der Waals surface area (Å²) >= 11 is 1.61. The van der Waals surface area contributed by atoms with Crippen molar-refractivity contribution in [3.8, 4) is 11.5 Å². The minimum absolute atomic E-state index is 0.468. The van der Waals surface area contributed by atoms with Gasteiger partial charge in [-0.2, -0.15) is 0 Å². The van der Waals surface area contributed by atoms with Gasteiger partial charge in [-0.15, -0.1) is 11.3 Å². The van der Waals surface area contributed by atoms with Crippen molar-refractivity contribution in [2.24, 2.45) is 0 Å². The Balaban J connectivity index is 2.11. The fraction of sp³-hybridized carbons (Fsp3) is 0.357. The second kappa shape index (κ2) is 6.04. The summed E-state index contributed by atoms with van der Waals surface area (Å²) in [5, 5.41) is 10.6. The molecule has 0 fully saturated rings. The van der Waals surface area contributed by atoms with Gasteiger partial charge in [-0.05, 0) is 31.5 Å². The summed E-state index contributed by atoms with van der Waals surface area (Å²) in [5.74, 6) is 1.29. The van der Waals surface area contributed by atoms with E-state index in [1.807, 2.05) is 25.3 Å². The monoisotopic (exact) mass is 279 g/mol. The van der Waals surface area contributed by atoms with E-state index in [4.69, 9.17) is 9.47 Å². The van der Waals surface area contributed by atoms with Gasteiger partial charge in [0.25, 0.3) is 0 Å². The van der Waals surface area contributed by atoms with Gasteiger partial charge in [-0.1, -0.05) is 6.07 Å². The molecule has 0 saturated carbocycles. The van der Waals surface area contributed by atoms with Crippen LogP contribution in [0.5, 0.6) is 11.5 Å². The summed E-state index contributed by atoms with van der Waals surface area (Å²) in [5.41, 5.74) is 0.804. The van der Waals surface area contributed by atoms with Gasteiger partial charge in [0.1, 0.15) is 6.61 Å². The van der Waals surface area contributed by atoms with E-state index < -0.39 is 6.10 Å². The second-order valence-electron chi connectivity index (χ2n) is 4.22. The van der Waals surface area contributed by atoms with E-state index in [-0.39, 0.29) is 0 Å². The first-order valence-electron chi connectivity index (χ1n) is 6.00. The third-order valence-corrected chi connectivity index (χ3v) is 3.60. The van der Waals surface area contributed by atoms with Gasteiger partial charge in [-0.25, -0.2) is 4.98 Å². The first-order valence-corrected chi connectivity index (χ1v) is 6.82. The minimum atomic E-state index is -0.521. The van der Waals surface area contributed by atoms with Crippen molar-refractivity contribution in [1.29, 1.82) is 0 Å². The molecule has 1 aromatic heterocycles. The van der Waals surface area contributed by atoms with Crippen molar-refractivity contribution < 1.29 is 14.6 Å². The lowest BCUT2D eigenvalue weighted by Crippen LogP contribution is -1.98. The Morgan fingerprint density at radius 2 is 2.16 bits per heavy atom. The number of nitrogens with zero attached hydrogens (tertiary/aromatic N) is 1. The van der Waals surface area contributed by atoms with Crippen molar-refractivity contribution in [1.82, 2.24) is 4.98 Å². The fourth-order valence-corrected chi connectivity index (χ4v) is 2.39. The molecule has 19 heavy (non-hydrogen) atoms. The number of methoxy groups -OCH3 is 1. The van der Waals surface area contributed by atoms with E-state index >= 15 is 0 Å². The first kappa shape index (κ1) is 13.8. The molecule has 0 spiro atoms. The van der Waals surface area contributed by atoms with E-state index in [2.05, 4.69) is 4.98 Å². The predicted octanol–water partition coefficient (Wildman–Crippen LogP) is 3.09. The third-order valence-electron chi connectivity index (χ3n) is 2.71. The zero-order valence-corrected chi connectivity index (χ0v) is 12.0. The molecule has 0 amide bonds. The molecule has 0 aliphatic heterocycles. The molecule has 0 aliphatic rings. The lowest BCUT2D eigenvalue weighted by atomic mass is 10.1. The molecule has 2 aromatic rings. The summed E-state index contributed by atoms with van der Waals surface area (Å²) in [6.07, 6.45) is 1.29. The quantitative estimate of drug-likeness (QED) is 0.913. The number of benzene rings is 1. The number of rotatable bonds is 5. The summed E-state index contributed by atoms with van der Waals surface area (Å²) in [6.45, 7) is 4.15. The summed E-state index contributed by atoms with van der Waals surface area (Å²) < 4.78 is 11.0. The number of aliphatic hydroxyl groups excluding tert-OH is 1. The van der Waals surface area contributed by atoms with E-state index in [1.54, 1.807) is 31.4 Å². The molecule has 0 aliphatic carbocycles. The molecule has 1 aromatic carbocycles. The molecular formula is C14H17NO3S. The topological polar surface area (TPSA) is 51.6 Å². The van der Waals surface area contributed by atoms with Crippen molar-refractivity contribution in [3.63, 3.8) is 0 Å². The standard InChI is InChI=1S/C14H17NO3S/c1-9(16)11-4-5-13(14(6-11)17-3)18-8-12-7-15-10(2)19-12/h4-7,9,16H,8H2,1-3H3. The maximum atomic E-state index is 9.54. The summed E-state index contributed by atoms with van der Waals surface area (Å²) in [6, 6.07) is 5.44. The molecule has 4 nitrogen and oxygen atoms in total. The number of thiazole rings is 1. The first-order chi connectivity index (χ1) is 9.10. The van der Waals surface area contributed by atoms with E-state index in [0.29, 0.717) is 18.1 Å². The Hall–Kier alpha value is -1.59. The van der Waals surface area contributed by atoms with Gasteiger partial charge in [-0.3, -0.25) is 0 Å². The SMILES string of the molecule is COc1cc(C(C)O)ccc1OCc1cnc(C)s1. The maximum absolute atomic E-state index is 9.54. The number of aryl methyl sites for hydroxylation is 1. The molecule has 1 heterocycles. The average Bonchev–Trinajstić information content (AvgIpc) is 2.81. The maximum Gasteiger partial charge on any atom is 0.161 e. The Kier molecular flexibility index (Phi) is 4.39. The van der Waals surface area contributed by atoms with Crippen LogP contribution < -0.4 is 9.47 Å². The molecule has 102 valence electrons. The highest BCUT2D eigenvalue weighted by atomic mass is 32.1. The van der Waals surface area contributed by atoms with Gasteiger partial charge in [0.2, 0.25) is 0 Å². The number of aliphatic hydroxyl groups is 1. The van der Waals surface area contributed by atoms with Gasteiger partial charge < -0.3 is 14.6 Å². The van der Waals surface area contributed by atoms with Crippen LogP contribution >= 0.6 is 11.3 Å². The zero-order valence-electron chi connectivity index (χ0n) is 11.2. The van der Waals surface area contributed by atoms with Gasteiger partial charge in [0.15, 0.2) is 11.5 Å². The number of hydrogen-bond acceptors (Lipinski definition) is 5. The molecule has 0 saturated heterocycles. The van der Waals surface area contributed by atoms with Crippen LogP contribution in [-0.2, 0) is 6.61 Å². The molecule has 1 atom stereocenters. The Morgan fingerprint density at radius 1 is 1.37 bits per heavy atom. The predicted molar refractivity (Wildman–Crippen MR) is 74.8 cm³/mol. The van der Waals surface area contributed by atoms with Gasteiger partial charge in [0, 0.05) is 6.20 Å². The van der Waals surface area contributed by atoms with Gasteiger partial charge in [0.05, 0.1) is 23.1 Å². The Labute approximate surface area is 116 Å². The summed E-state index contributed by atoms with van der Waals surface area (Å²) in [7, 11) is 1.59. The fourth-order valence-electron chi connectivity index (χ4n) is 1.68. The van der Waals surface area contributed by atoms with E-state index in [0.717, 1.165) is 15.4 Å². The van der Waals surface area contributed by atoms with Crippen LogP contribution in [0.2, 0.25) is 0 Å². The lowest BCUT2D eigenvalue weighted by molar-refractivity contribution is 0.198. The zero-order chi connectivity index (χ0) is 13.8. The molecule has 5 heteroatoms. The van der Waals surface area contributed by atoms with Crippen LogP contribution in [0.25, 0.3) is 0 Å². The van der Waals surface area contributed by atoms with Crippen LogP contribution in [0.1, 0.15) is 28.5 Å². The van der Waals surface area contributed by atoms with Crippen molar-refractivity contribution in [2.45, 2.75) is 26.6 Å². The molecular weight excluding hydrogens is 262 g/mol. The van der Waals surface area contributed by atoms with Crippen LogP contribution in [0.15, 0.2) is 24.4 Å². The minimum Gasteiger partial charge on any atom is -0.493 e. The highest BCUT2D eigenvalue weighted by molar-refractivity contribution is 7.11. The number of ether oxygens (including phenoxy) is 2. The third kappa shape index (κ3) is 3.45. The van der Waals surface area contributed by atoms with Gasteiger partial charge >= 0.3 is 0 Å². The molecule has 0 bridgehead atoms. The van der Waals surface area contributed by atoms with Crippen molar-refractivity contribution >= 4 is 11.3 Å². The van der Waals surface area contributed by atoms with Crippen LogP contribution in [0.4, 0.5) is 0 Å². The largest absolute Gasteiger partial charge is 0.493 e. The molecule has 1 unspecified atom stereocenters. The van der Waals surface area contributed by atoms with Crippen LogP contribution in [0.3, 0.4) is 0 Å². The van der Waals surface area contributed by atoms with Crippen LogP contribution in [0, 0.1) is 6.92 Å². The highest BCUT2D eigenvalue weighted by Gasteiger charge is 2.09. The molecule has 1 N–H and O–H groups in total. The van der Waals surface area contributed by atoms with Crippen LogP contribution in [-0.4, -0.2) is 17.2 Å². The lowest BCUT2D eigenvalue weighted by Gasteiger charge is -2.12. The van der Waals surface area contributed by atoms with Crippen molar-refractivity contribution in [2.75, 3.05) is 7.11 Å². The van der Waals surface area contributed by atoms with E-state index in [1.165, 1.54) is 0 Å². The average molecular weight is 279 g/mol. The smallest absolute Gasteiger partial charge is 0.161 e. The molecule has 0 radical (unpaired) electrons. The van der Waals surface area contributed by atoms with Crippen molar-refractivity contribution in [3.05, 3.63) is 39.8 Å². The summed E-state index contributed by atoms with van der Waals surface area (Å²) in [4.78, 5) is 5.25. The number of hydrogen-bond donors (Lipinski definition) is 1. The Bertz CT molecular complexity index is 551.